The smallest absolute Gasteiger partial charge is 0.320 e. The molecule has 0 radical (unpaired) electrons. The molecule has 176 valence electrons. The third-order valence-electron chi connectivity index (χ3n) is 6.05. The molecule has 0 atom stereocenters. The van der Waals surface area contributed by atoms with E-state index in [1.807, 2.05) is 6.07 Å². The highest BCUT2D eigenvalue weighted by atomic mass is 19.1. The topological polar surface area (TPSA) is 126 Å². The van der Waals surface area contributed by atoms with E-state index < -0.39 is 5.97 Å². The van der Waals surface area contributed by atoms with Gasteiger partial charge in [-0.2, -0.15) is 0 Å². The standard InChI is InChI=1S/C24H24FN5O4/c25-16-4-6-17(7-5-16)26-24-30-29-23(34-24)22-27-19-10-3-15(13-20(19)28-22)14-1-8-18(9-2-14)33-12-11-21(31)32/h3-7,10,13-14,18H,1-2,8-9,11-12H2,(H,26,30)(H,27,28)(H,31,32)/t14-,18-. The Morgan fingerprint density at radius 1 is 1.15 bits per heavy atom. The summed E-state index contributed by atoms with van der Waals surface area (Å²) in [6.07, 6.45) is 3.99. The van der Waals surface area contributed by atoms with Crippen molar-refractivity contribution >= 4 is 28.7 Å². The van der Waals surface area contributed by atoms with Crippen molar-refractivity contribution in [3.63, 3.8) is 0 Å². The monoisotopic (exact) mass is 465 g/mol. The van der Waals surface area contributed by atoms with Gasteiger partial charge in [0.2, 0.25) is 0 Å². The molecule has 9 nitrogen and oxygen atoms in total. The molecule has 0 amide bonds. The third-order valence-corrected chi connectivity index (χ3v) is 6.05. The van der Waals surface area contributed by atoms with Crippen LogP contribution in [0.5, 0.6) is 0 Å². The number of nitrogens with one attached hydrogen (secondary N) is 2. The van der Waals surface area contributed by atoms with E-state index >= 15 is 0 Å². The molecule has 10 heteroatoms. The molecule has 2 aromatic heterocycles. The van der Waals surface area contributed by atoms with Crippen LogP contribution in [0.3, 0.4) is 0 Å². The zero-order valence-corrected chi connectivity index (χ0v) is 18.3. The molecule has 5 rings (SSSR count). The van der Waals surface area contributed by atoms with Crippen LogP contribution in [0.4, 0.5) is 16.1 Å². The van der Waals surface area contributed by atoms with Crippen molar-refractivity contribution in [2.45, 2.75) is 44.1 Å². The second kappa shape index (κ2) is 9.60. The van der Waals surface area contributed by atoms with Crippen molar-refractivity contribution in [2.24, 2.45) is 0 Å². The Hall–Kier alpha value is -3.79. The number of hydrogen-bond acceptors (Lipinski definition) is 7. The Morgan fingerprint density at radius 3 is 2.71 bits per heavy atom. The van der Waals surface area contributed by atoms with Crippen molar-refractivity contribution < 1.29 is 23.4 Å². The van der Waals surface area contributed by atoms with Crippen LogP contribution in [0, 0.1) is 5.82 Å². The number of anilines is 2. The number of fused-ring (bicyclic) bond motifs is 1. The molecule has 0 bridgehead atoms. The van der Waals surface area contributed by atoms with Crippen LogP contribution < -0.4 is 5.32 Å². The van der Waals surface area contributed by atoms with E-state index in [-0.39, 0.29) is 36.9 Å². The van der Waals surface area contributed by atoms with Crippen LogP contribution in [-0.4, -0.2) is 44.0 Å². The minimum atomic E-state index is -0.832. The molecule has 1 saturated carbocycles. The van der Waals surface area contributed by atoms with Crippen LogP contribution in [0.15, 0.2) is 46.9 Å². The number of benzene rings is 2. The van der Waals surface area contributed by atoms with Gasteiger partial charge in [0.1, 0.15) is 5.82 Å². The van der Waals surface area contributed by atoms with Crippen LogP contribution in [0.25, 0.3) is 22.7 Å². The van der Waals surface area contributed by atoms with Crippen molar-refractivity contribution in [1.29, 1.82) is 0 Å². The van der Waals surface area contributed by atoms with Crippen LogP contribution in [0.1, 0.15) is 43.6 Å². The quantitative estimate of drug-likeness (QED) is 0.331. The Labute approximate surface area is 194 Å². The number of carbonyl (C=O) groups is 1. The molecular weight excluding hydrogens is 441 g/mol. The Morgan fingerprint density at radius 2 is 1.94 bits per heavy atom. The highest BCUT2D eigenvalue weighted by Crippen LogP contribution is 2.35. The van der Waals surface area contributed by atoms with Gasteiger partial charge in [-0.25, -0.2) is 9.37 Å². The molecule has 2 aromatic carbocycles. The molecule has 1 aliphatic carbocycles. The lowest BCUT2D eigenvalue weighted by atomic mass is 9.82. The van der Waals surface area contributed by atoms with E-state index in [4.69, 9.17) is 14.3 Å². The van der Waals surface area contributed by atoms with E-state index in [1.165, 1.54) is 17.7 Å². The lowest BCUT2D eigenvalue weighted by Crippen LogP contribution is -2.22. The van der Waals surface area contributed by atoms with E-state index in [9.17, 15) is 9.18 Å². The Bertz CT molecular complexity index is 1280. The number of H-pyrrole nitrogens is 1. The number of aromatic amines is 1. The number of hydrogen-bond donors (Lipinski definition) is 3. The minimum absolute atomic E-state index is 0.0436. The van der Waals surface area contributed by atoms with Gasteiger partial charge in [-0.3, -0.25) is 4.79 Å². The van der Waals surface area contributed by atoms with E-state index in [2.05, 4.69) is 37.6 Å². The molecule has 0 spiro atoms. The molecule has 0 saturated heterocycles. The van der Waals surface area contributed by atoms with Crippen molar-refractivity contribution in [3.05, 3.63) is 53.8 Å². The molecule has 0 unspecified atom stereocenters. The SMILES string of the molecule is O=C(O)CCO[C@H]1CC[C@H](c2ccc3[nH]c(-c4nnc(Nc5ccc(F)cc5)o4)nc3c2)CC1. The van der Waals surface area contributed by atoms with Crippen LogP contribution in [-0.2, 0) is 9.53 Å². The number of rotatable bonds is 8. The normalized spacial score (nSPS) is 18.3. The number of carboxylic acids is 1. The summed E-state index contributed by atoms with van der Waals surface area (Å²) in [6.45, 7) is 0.267. The zero-order valence-electron chi connectivity index (χ0n) is 18.3. The van der Waals surface area contributed by atoms with Crippen molar-refractivity contribution in [3.8, 4) is 11.7 Å². The highest BCUT2D eigenvalue weighted by Gasteiger charge is 2.24. The fourth-order valence-corrected chi connectivity index (χ4v) is 4.28. The number of ether oxygens (including phenoxy) is 1. The summed E-state index contributed by atoms with van der Waals surface area (Å²) in [5, 5.41) is 19.7. The summed E-state index contributed by atoms with van der Waals surface area (Å²) in [4.78, 5) is 18.5. The Kier molecular flexibility index (Phi) is 6.22. The fourth-order valence-electron chi connectivity index (χ4n) is 4.28. The molecule has 2 heterocycles. The minimum Gasteiger partial charge on any atom is -0.481 e. The van der Waals surface area contributed by atoms with Gasteiger partial charge < -0.3 is 24.6 Å². The van der Waals surface area contributed by atoms with Crippen LogP contribution >= 0.6 is 0 Å². The summed E-state index contributed by atoms with van der Waals surface area (Å²) in [6, 6.07) is 12.2. The van der Waals surface area contributed by atoms with Crippen LogP contribution in [0.2, 0.25) is 0 Å². The summed E-state index contributed by atoms with van der Waals surface area (Å²) >= 11 is 0. The molecule has 4 aromatic rings. The first-order chi connectivity index (χ1) is 16.5. The number of carboxylic acid groups (broad SMARTS) is 1. The van der Waals surface area contributed by atoms with Crippen molar-refractivity contribution in [2.75, 3.05) is 11.9 Å². The first-order valence-electron chi connectivity index (χ1n) is 11.2. The average Bonchev–Trinajstić information content (AvgIpc) is 3.47. The first-order valence-corrected chi connectivity index (χ1v) is 11.2. The van der Waals surface area contributed by atoms with Gasteiger partial charge in [0.05, 0.1) is 30.2 Å². The number of aliphatic carboxylic acids is 1. The summed E-state index contributed by atoms with van der Waals surface area (Å²) < 4.78 is 24.4. The van der Waals surface area contributed by atoms with Gasteiger partial charge in [0.15, 0.2) is 5.82 Å². The van der Waals surface area contributed by atoms with E-state index in [0.29, 0.717) is 17.4 Å². The molecule has 1 aliphatic rings. The predicted molar refractivity (Wildman–Crippen MR) is 122 cm³/mol. The number of imidazole rings is 1. The van der Waals surface area contributed by atoms with E-state index in [1.54, 1.807) is 12.1 Å². The number of nitrogens with zero attached hydrogens (tertiary/aromatic N) is 3. The second-order valence-corrected chi connectivity index (χ2v) is 8.39. The maximum atomic E-state index is 13.1. The summed E-state index contributed by atoms with van der Waals surface area (Å²) in [5.74, 6) is -0.0145. The van der Waals surface area contributed by atoms with Gasteiger partial charge in [-0.15, -0.1) is 5.10 Å². The molecule has 0 aliphatic heterocycles. The highest BCUT2D eigenvalue weighted by molar-refractivity contribution is 5.79. The van der Waals surface area contributed by atoms with Gasteiger partial charge in [0, 0.05) is 5.69 Å². The number of halogens is 1. The summed E-state index contributed by atoms with van der Waals surface area (Å²) in [7, 11) is 0. The second-order valence-electron chi connectivity index (χ2n) is 8.39. The molecule has 34 heavy (non-hydrogen) atoms. The van der Waals surface area contributed by atoms with Crippen molar-refractivity contribution in [1.82, 2.24) is 20.2 Å². The maximum absolute atomic E-state index is 13.1. The lowest BCUT2D eigenvalue weighted by Gasteiger charge is -2.28. The molecule has 1 fully saturated rings. The zero-order chi connectivity index (χ0) is 23.5. The fraction of sp³-hybridized carbons (Fsp3) is 0.333. The largest absolute Gasteiger partial charge is 0.481 e. The molecular formula is C24H24FN5O4. The predicted octanol–water partition coefficient (Wildman–Crippen LogP) is 5.01. The van der Waals surface area contributed by atoms with Gasteiger partial charge in [-0.05, 0) is 73.6 Å². The summed E-state index contributed by atoms with van der Waals surface area (Å²) in [5.41, 5.74) is 3.54. The molecule has 3 N–H and O–H groups in total. The maximum Gasteiger partial charge on any atom is 0.320 e. The van der Waals surface area contributed by atoms with Gasteiger partial charge >= 0.3 is 12.0 Å². The van der Waals surface area contributed by atoms with Gasteiger partial charge in [0.25, 0.3) is 5.89 Å². The lowest BCUT2D eigenvalue weighted by molar-refractivity contribution is -0.138. The van der Waals surface area contributed by atoms with Gasteiger partial charge in [-0.1, -0.05) is 11.2 Å². The third kappa shape index (κ3) is 5.07. The Balaban J connectivity index is 1.23. The number of aromatic nitrogens is 4. The average molecular weight is 465 g/mol. The van der Waals surface area contributed by atoms with E-state index in [0.717, 1.165) is 36.7 Å². The first kappa shape index (κ1) is 22.0.